The SMILES string of the molecule is CC1CCC(CCC2CCC(c3cc(F)c4c(F)c(C#CC(F)(F)F)c(F)cc4c3)CC2)OC1. The maximum atomic E-state index is 14.8. The van der Waals surface area contributed by atoms with Gasteiger partial charge in [-0.1, -0.05) is 18.9 Å². The predicted molar refractivity (Wildman–Crippen MR) is 119 cm³/mol. The molecule has 34 heavy (non-hydrogen) atoms. The Balaban J connectivity index is 1.44. The van der Waals surface area contributed by atoms with Gasteiger partial charge in [0.15, 0.2) is 5.82 Å². The second-order valence-electron chi connectivity index (χ2n) is 9.83. The fraction of sp³-hybridized carbons (Fsp3) is 0.556. The molecule has 1 heterocycles. The lowest BCUT2D eigenvalue weighted by molar-refractivity contribution is -0.0696. The number of alkyl halides is 3. The van der Waals surface area contributed by atoms with Crippen molar-refractivity contribution in [1.29, 1.82) is 0 Å². The van der Waals surface area contributed by atoms with Crippen LogP contribution in [0, 0.1) is 41.1 Å². The van der Waals surface area contributed by atoms with E-state index in [9.17, 15) is 26.3 Å². The molecular weight excluding hydrogens is 454 g/mol. The summed E-state index contributed by atoms with van der Waals surface area (Å²) in [6.45, 7) is 3.04. The molecule has 1 saturated heterocycles. The first-order valence-electron chi connectivity index (χ1n) is 11.9. The lowest BCUT2D eigenvalue weighted by Gasteiger charge is -2.31. The standard InChI is InChI=1S/C27H28F6O/c1-16-2-8-21(34-15-16)9-5-17-3-6-18(7-4-17)19-12-20-14-23(28)22(10-11-27(31,32)33)26(30)25(20)24(29)13-19/h12-14,16-18,21H,2-9,15H2,1H3. The maximum Gasteiger partial charge on any atom is 0.458 e. The second kappa shape index (κ2) is 10.2. The summed E-state index contributed by atoms with van der Waals surface area (Å²) in [5.74, 6) is 0.0620. The molecule has 1 saturated carbocycles. The van der Waals surface area contributed by atoms with Crippen molar-refractivity contribution in [3.05, 3.63) is 46.8 Å². The monoisotopic (exact) mass is 482 g/mol. The van der Waals surface area contributed by atoms with Crippen LogP contribution in [0.15, 0.2) is 18.2 Å². The molecule has 4 rings (SSSR count). The van der Waals surface area contributed by atoms with E-state index in [-0.39, 0.29) is 11.3 Å². The van der Waals surface area contributed by atoms with Crippen LogP contribution in [0.4, 0.5) is 26.3 Å². The summed E-state index contributed by atoms with van der Waals surface area (Å²) in [4.78, 5) is 0. The summed E-state index contributed by atoms with van der Waals surface area (Å²) < 4.78 is 86.8. The minimum Gasteiger partial charge on any atom is -0.378 e. The molecule has 1 aliphatic carbocycles. The summed E-state index contributed by atoms with van der Waals surface area (Å²) in [5.41, 5.74) is -0.408. The summed E-state index contributed by atoms with van der Waals surface area (Å²) >= 11 is 0. The molecule has 2 atom stereocenters. The summed E-state index contributed by atoms with van der Waals surface area (Å²) in [7, 11) is 0. The summed E-state index contributed by atoms with van der Waals surface area (Å²) in [6.07, 6.45) is 3.66. The van der Waals surface area contributed by atoms with E-state index in [0.717, 1.165) is 63.5 Å². The largest absolute Gasteiger partial charge is 0.458 e. The topological polar surface area (TPSA) is 9.23 Å². The third-order valence-corrected chi connectivity index (χ3v) is 7.25. The Morgan fingerprint density at radius 3 is 2.29 bits per heavy atom. The fourth-order valence-electron chi connectivity index (χ4n) is 5.29. The van der Waals surface area contributed by atoms with Crippen molar-refractivity contribution in [2.75, 3.05) is 6.61 Å². The molecule has 0 bridgehead atoms. The van der Waals surface area contributed by atoms with Crippen LogP contribution in [0.1, 0.15) is 75.3 Å². The van der Waals surface area contributed by atoms with Crippen molar-refractivity contribution in [1.82, 2.24) is 0 Å². The molecule has 2 fully saturated rings. The molecule has 0 spiro atoms. The quantitative estimate of drug-likeness (QED) is 0.317. The van der Waals surface area contributed by atoms with Crippen LogP contribution in [0.3, 0.4) is 0 Å². The summed E-state index contributed by atoms with van der Waals surface area (Å²) in [5, 5.41) is -0.541. The van der Waals surface area contributed by atoms with Gasteiger partial charge in [0.2, 0.25) is 0 Å². The van der Waals surface area contributed by atoms with Gasteiger partial charge >= 0.3 is 6.18 Å². The molecule has 0 N–H and O–H groups in total. The molecule has 0 radical (unpaired) electrons. The van der Waals surface area contributed by atoms with Crippen molar-refractivity contribution in [2.45, 2.75) is 76.5 Å². The van der Waals surface area contributed by atoms with Gasteiger partial charge in [0.1, 0.15) is 11.6 Å². The molecule has 1 nitrogen and oxygen atoms in total. The Kier molecular flexibility index (Phi) is 7.47. The van der Waals surface area contributed by atoms with E-state index in [1.165, 1.54) is 18.4 Å². The number of rotatable bonds is 4. The lowest BCUT2D eigenvalue weighted by atomic mass is 9.76. The lowest BCUT2D eigenvalue weighted by Crippen LogP contribution is -2.25. The van der Waals surface area contributed by atoms with E-state index in [1.807, 2.05) is 0 Å². The molecule has 1 aliphatic heterocycles. The number of ether oxygens (including phenoxy) is 1. The first kappa shape index (κ1) is 24.9. The highest BCUT2D eigenvalue weighted by molar-refractivity contribution is 5.86. The number of hydrogen-bond acceptors (Lipinski definition) is 1. The number of hydrogen-bond donors (Lipinski definition) is 0. The average Bonchev–Trinajstić information content (AvgIpc) is 2.77. The van der Waals surface area contributed by atoms with Crippen molar-refractivity contribution >= 4 is 10.8 Å². The van der Waals surface area contributed by atoms with E-state index in [2.05, 4.69) is 6.92 Å². The van der Waals surface area contributed by atoms with Crippen LogP contribution in [-0.2, 0) is 4.74 Å². The van der Waals surface area contributed by atoms with Crippen molar-refractivity contribution in [3.63, 3.8) is 0 Å². The third-order valence-electron chi connectivity index (χ3n) is 7.25. The van der Waals surface area contributed by atoms with Crippen LogP contribution < -0.4 is 0 Å². The van der Waals surface area contributed by atoms with Gasteiger partial charge in [0.25, 0.3) is 0 Å². The Labute approximate surface area is 195 Å². The van der Waals surface area contributed by atoms with Crippen LogP contribution >= 0.6 is 0 Å². The number of fused-ring (bicyclic) bond motifs is 1. The molecular formula is C27H28F6O. The highest BCUT2D eigenvalue weighted by Gasteiger charge is 2.27. The molecule has 7 heteroatoms. The second-order valence-corrected chi connectivity index (χ2v) is 9.83. The zero-order chi connectivity index (χ0) is 24.5. The number of halogens is 6. The van der Waals surface area contributed by atoms with Crippen LogP contribution in [0.2, 0.25) is 0 Å². The first-order valence-corrected chi connectivity index (χ1v) is 11.9. The van der Waals surface area contributed by atoms with Crippen molar-refractivity contribution < 1.29 is 31.1 Å². The highest BCUT2D eigenvalue weighted by Crippen LogP contribution is 2.40. The van der Waals surface area contributed by atoms with Crippen molar-refractivity contribution in [2.24, 2.45) is 11.8 Å². The van der Waals surface area contributed by atoms with Gasteiger partial charge in [-0.25, -0.2) is 13.2 Å². The number of benzene rings is 2. The van der Waals surface area contributed by atoms with Gasteiger partial charge in [0.05, 0.1) is 17.1 Å². The van der Waals surface area contributed by atoms with E-state index in [1.54, 1.807) is 6.07 Å². The molecule has 2 aromatic carbocycles. The molecule has 2 aliphatic rings. The molecule has 0 amide bonds. The van der Waals surface area contributed by atoms with Gasteiger partial charge in [0, 0.05) is 12.5 Å². The van der Waals surface area contributed by atoms with E-state index in [4.69, 9.17) is 4.74 Å². The minimum absolute atomic E-state index is 0.00615. The molecule has 184 valence electrons. The summed E-state index contributed by atoms with van der Waals surface area (Å²) in [6, 6.07) is 3.64. The Morgan fingerprint density at radius 1 is 0.912 bits per heavy atom. The third kappa shape index (κ3) is 5.89. The molecule has 2 unspecified atom stereocenters. The molecule has 2 aromatic rings. The zero-order valence-electron chi connectivity index (χ0n) is 19.1. The Hall–Kier alpha value is -2.20. The van der Waals surface area contributed by atoms with Gasteiger partial charge in [-0.3, -0.25) is 0 Å². The van der Waals surface area contributed by atoms with Gasteiger partial charge in [-0.05, 0) is 92.2 Å². The fourth-order valence-corrected chi connectivity index (χ4v) is 5.29. The normalized spacial score (nSPS) is 25.7. The van der Waals surface area contributed by atoms with Crippen LogP contribution in [0.5, 0.6) is 0 Å². The van der Waals surface area contributed by atoms with Crippen molar-refractivity contribution in [3.8, 4) is 11.8 Å². The van der Waals surface area contributed by atoms with Crippen LogP contribution in [-0.4, -0.2) is 18.9 Å². The van der Waals surface area contributed by atoms with E-state index in [0.29, 0.717) is 23.5 Å². The Bertz CT molecular complexity index is 1080. The van der Waals surface area contributed by atoms with Gasteiger partial charge < -0.3 is 4.74 Å². The highest BCUT2D eigenvalue weighted by atomic mass is 19.4. The van der Waals surface area contributed by atoms with Crippen LogP contribution in [0.25, 0.3) is 10.8 Å². The first-order chi connectivity index (χ1) is 16.1. The maximum absolute atomic E-state index is 14.8. The van der Waals surface area contributed by atoms with Gasteiger partial charge in [-0.15, -0.1) is 0 Å². The average molecular weight is 483 g/mol. The Morgan fingerprint density at radius 2 is 1.65 bits per heavy atom. The smallest absolute Gasteiger partial charge is 0.378 e. The van der Waals surface area contributed by atoms with E-state index < -0.39 is 34.6 Å². The van der Waals surface area contributed by atoms with Gasteiger partial charge in [-0.2, -0.15) is 13.2 Å². The molecule has 0 aromatic heterocycles. The predicted octanol–water partition coefficient (Wildman–Crippen LogP) is 8.04. The zero-order valence-corrected chi connectivity index (χ0v) is 19.1. The minimum atomic E-state index is -4.91. The van der Waals surface area contributed by atoms with E-state index >= 15 is 0 Å².